The lowest BCUT2D eigenvalue weighted by atomic mass is 10.2. The summed E-state index contributed by atoms with van der Waals surface area (Å²) in [7, 11) is 0. The van der Waals surface area contributed by atoms with E-state index in [1.807, 2.05) is 13.0 Å². The lowest BCUT2D eigenvalue weighted by Crippen LogP contribution is -2.24. The number of hydrogen-bond donors (Lipinski definition) is 1. The monoisotopic (exact) mass is 358 g/mol. The van der Waals surface area contributed by atoms with Crippen LogP contribution in [0, 0.1) is 5.82 Å². The standard InChI is InChI=1S/C18H19FN4OS/c1-2-23-17-9-4-13(12-16(17)21-22-23)18(24)20-10-3-11-25-15-7-5-14(19)6-8-15/h4-9,12H,2-3,10-11H2,1H3,(H,20,24). The zero-order valence-electron chi connectivity index (χ0n) is 13.9. The van der Waals surface area contributed by atoms with Crippen molar-refractivity contribution >= 4 is 28.7 Å². The zero-order valence-corrected chi connectivity index (χ0v) is 14.7. The van der Waals surface area contributed by atoms with Crippen molar-refractivity contribution in [2.75, 3.05) is 12.3 Å². The van der Waals surface area contributed by atoms with Crippen LogP contribution in [0.15, 0.2) is 47.4 Å². The van der Waals surface area contributed by atoms with Crippen molar-refractivity contribution in [2.45, 2.75) is 24.8 Å². The van der Waals surface area contributed by atoms with Gasteiger partial charge in [-0.1, -0.05) is 5.21 Å². The van der Waals surface area contributed by atoms with Crippen molar-refractivity contribution in [3.63, 3.8) is 0 Å². The third kappa shape index (κ3) is 4.36. The minimum absolute atomic E-state index is 0.111. The van der Waals surface area contributed by atoms with Gasteiger partial charge in [0.15, 0.2) is 0 Å². The van der Waals surface area contributed by atoms with Crippen molar-refractivity contribution in [3.05, 3.63) is 53.8 Å². The first-order valence-corrected chi connectivity index (χ1v) is 9.16. The molecule has 0 aliphatic rings. The molecule has 1 amide bonds. The Morgan fingerprint density at radius 2 is 2.04 bits per heavy atom. The van der Waals surface area contributed by atoms with Gasteiger partial charge in [-0.2, -0.15) is 0 Å². The van der Waals surface area contributed by atoms with Gasteiger partial charge < -0.3 is 5.32 Å². The van der Waals surface area contributed by atoms with Crippen molar-refractivity contribution in [2.24, 2.45) is 0 Å². The molecule has 0 spiro atoms. The van der Waals surface area contributed by atoms with Gasteiger partial charge in [-0.25, -0.2) is 9.07 Å². The molecule has 5 nitrogen and oxygen atoms in total. The molecule has 0 atom stereocenters. The fourth-order valence-corrected chi connectivity index (χ4v) is 3.30. The lowest BCUT2D eigenvalue weighted by Gasteiger charge is -2.06. The first-order valence-electron chi connectivity index (χ1n) is 8.17. The van der Waals surface area contributed by atoms with Crippen LogP contribution in [0.25, 0.3) is 11.0 Å². The summed E-state index contributed by atoms with van der Waals surface area (Å²) < 4.78 is 14.6. The highest BCUT2D eigenvalue weighted by Crippen LogP contribution is 2.18. The van der Waals surface area contributed by atoms with Gasteiger partial charge >= 0.3 is 0 Å². The van der Waals surface area contributed by atoms with Gasteiger partial charge in [0.05, 0.1) is 5.52 Å². The fraction of sp³-hybridized carbons (Fsp3) is 0.278. The van der Waals surface area contributed by atoms with Crippen LogP contribution in [-0.2, 0) is 6.54 Å². The number of carbonyl (C=O) groups excluding carboxylic acids is 1. The predicted molar refractivity (Wildman–Crippen MR) is 97.3 cm³/mol. The molecular weight excluding hydrogens is 339 g/mol. The minimum atomic E-state index is -0.229. The smallest absolute Gasteiger partial charge is 0.251 e. The van der Waals surface area contributed by atoms with Gasteiger partial charge in [0.1, 0.15) is 11.3 Å². The summed E-state index contributed by atoms with van der Waals surface area (Å²) >= 11 is 1.64. The van der Waals surface area contributed by atoms with Crippen molar-refractivity contribution in [1.82, 2.24) is 20.3 Å². The molecule has 0 radical (unpaired) electrons. The van der Waals surface area contributed by atoms with E-state index >= 15 is 0 Å². The summed E-state index contributed by atoms with van der Waals surface area (Å²) in [6, 6.07) is 11.9. The van der Waals surface area contributed by atoms with Crippen LogP contribution in [-0.4, -0.2) is 33.2 Å². The Labute approximate surface area is 149 Å². The van der Waals surface area contributed by atoms with Crippen LogP contribution in [0.3, 0.4) is 0 Å². The summed E-state index contributed by atoms with van der Waals surface area (Å²) in [5, 5.41) is 11.0. The van der Waals surface area contributed by atoms with Gasteiger partial charge in [0.25, 0.3) is 5.91 Å². The first kappa shape index (κ1) is 17.4. The number of amides is 1. The van der Waals surface area contributed by atoms with Crippen LogP contribution in [0.5, 0.6) is 0 Å². The van der Waals surface area contributed by atoms with Gasteiger partial charge in [-0.05, 0) is 61.6 Å². The van der Waals surface area contributed by atoms with Crippen LogP contribution in [0.2, 0.25) is 0 Å². The highest BCUT2D eigenvalue weighted by atomic mass is 32.2. The molecule has 3 rings (SSSR count). The summed E-state index contributed by atoms with van der Waals surface area (Å²) in [5.41, 5.74) is 2.23. The molecule has 2 aromatic carbocycles. The molecule has 0 fully saturated rings. The molecule has 1 aromatic heterocycles. The predicted octanol–water partition coefficient (Wildman–Crippen LogP) is 3.50. The number of nitrogens with one attached hydrogen (secondary N) is 1. The van der Waals surface area contributed by atoms with Crippen molar-refractivity contribution < 1.29 is 9.18 Å². The Hall–Kier alpha value is -2.41. The molecule has 0 saturated heterocycles. The number of carbonyl (C=O) groups is 1. The van der Waals surface area contributed by atoms with Crippen LogP contribution in [0.1, 0.15) is 23.7 Å². The molecule has 0 aliphatic carbocycles. The molecule has 0 bridgehead atoms. The van der Waals surface area contributed by atoms with Gasteiger partial charge in [-0.3, -0.25) is 4.79 Å². The van der Waals surface area contributed by atoms with E-state index in [1.54, 1.807) is 40.7 Å². The summed E-state index contributed by atoms with van der Waals surface area (Å²) in [4.78, 5) is 13.2. The summed E-state index contributed by atoms with van der Waals surface area (Å²) in [5.74, 6) is 0.516. The Balaban J connectivity index is 1.46. The maximum atomic E-state index is 12.8. The minimum Gasteiger partial charge on any atom is -0.352 e. The molecule has 7 heteroatoms. The number of hydrogen-bond acceptors (Lipinski definition) is 4. The van der Waals surface area contributed by atoms with Gasteiger partial charge in [0.2, 0.25) is 0 Å². The average molecular weight is 358 g/mol. The SMILES string of the molecule is CCn1nnc2cc(C(=O)NCCCSc3ccc(F)cc3)ccc21. The first-order chi connectivity index (χ1) is 12.2. The fourth-order valence-electron chi connectivity index (χ4n) is 2.44. The van der Waals surface area contributed by atoms with E-state index in [9.17, 15) is 9.18 Å². The van der Waals surface area contributed by atoms with Crippen molar-refractivity contribution in [1.29, 1.82) is 0 Å². The van der Waals surface area contributed by atoms with E-state index in [0.29, 0.717) is 12.1 Å². The highest BCUT2D eigenvalue weighted by Gasteiger charge is 2.09. The zero-order chi connectivity index (χ0) is 17.6. The van der Waals surface area contributed by atoms with Crippen LogP contribution < -0.4 is 5.32 Å². The number of aromatic nitrogens is 3. The van der Waals surface area contributed by atoms with Gasteiger partial charge in [-0.15, -0.1) is 16.9 Å². The quantitative estimate of drug-likeness (QED) is 0.519. The molecular formula is C18H19FN4OS. The van der Waals surface area contributed by atoms with E-state index < -0.39 is 0 Å². The Kier molecular flexibility index (Phi) is 5.65. The third-order valence-corrected chi connectivity index (χ3v) is 4.86. The normalized spacial score (nSPS) is 11.0. The maximum Gasteiger partial charge on any atom is 0.251 e. The lowest BCUT2D eigenvalue weighted by molar-refractivity contribution is 0.0954. The summed E-state index contributed by atoms with van der Waals surface area (Å²) in [6.45, 7) is 3.33. The maximum absolute atomic E-state index is 12.8. The molecule has 3 aromatic rings. The van der Waals surface area contributed by atoms with Crippen LogP contribution >= 0.6 is 11.8 Å². The van der Waals surface area contributed by atoms with Gasteiger partial charge in [0, 0.05) is 23.5 Å². The van der Waals surface area contributed by atoms with E-state index in [4.69, 9.17) is 0 Å². The number of rotatable bonds is 7. The Morgan fingerprint density at radius 3 is 2.80 bits per heavy atom. The molecule has 0 unspecified atom stereocenters. The Morgan fingerprint density at radius 1 is 1.24 bits per heavy atom. The third-order valence-electron chi connectivity index (χ3n) is 3.76. The van der Waals surface area contributed by atoms with E-state index in [-0.39, 0.29) is 11.7 Å². The number of fused-ring (bicyclic) bond motifs is 1. The number of benzene rings is 2. The second-order valence-corrected chi connectivity index (χ2v) is 6.69. The second kappa shape index (κ2) is 8.11. The van der Waals surface area contributed by atoms with E-state index in [0.717, 1.165) is 34.6 Å². The molecule has 1 heterocycles. The molecule has 0 saturated carbocycles. The second-order valence-electron chi connectivity index (χ2n) is 5.52. The van der Waals surface area contributed by atoms with Crippen LogP contribution in [0.4, 0.5) is 4.39 Å². The average Bonchev–Trinajstić information content (AvgIpc) is 3.05. The number of nitrogens with zero attached hydrogens (tertiary/aromatic N) is 3. The van der Waals surface area contributed by atoms with E-state index in [1.165, 1.54) is 12.1 Å². The van der Waals surface area contributed by atoms with Crippen molar-refractivity contribution in [3.8, 4) is 0 Å². The number of thioether (sulfide) groups is 1. The van der Waals surface area contributed by atoms with E-state index in [2.05, 4.69) is 15.6 Å². The summed E-state index contributed by atoms with van der Waals surface area (Å²) in [6.07, 6.45) is 0.835. The number of halogens is 1. The number of aryl methyl sites for hydroxylation is 1. The highest BCUT2D eigenvalue weighted by molar-refractivity contribution is 7.99. The molecule has 25 heavy (non-hydrogen) atoms. The molecule has 0 aliphatic heterocycles. The molecule has 130 valence electrons. The topological polar surface area (TPSA) is 59.8 Å². The Bertz CT molecular complexity index is 863. The largest absolute Gasteiger partial charge is 0.352 e. The molecule has 1 N–H and O–H groups in total.